The third kappa shape index (κ3) is 11.5. The van der Waals surface area contributed by atoms with Gasteiger partial charge in [0.25, 0.3) is 50.6 Å². The van der Waals surface area contributed by atoms with Crippen molar-refractivity contribution in [2.24, 2.45) is 30.7 Å². The number of carboxylic acid groups (broad SMARTS) is 1. The lowest BCUT2D eigenvalue weighted by molar-refractivity contribution is 0.0690. The first-order valence-electron chi connectivity index (χ1n) is 20.6. The van der Waals surface area contributed by atoms with Crippen LogP contribution >= 0.6 is 11.3 Å². The van der Waals surface area contributed by atoms with Crippen molar-refractivity contribution in [1.29, 1.82) is 0 Å². The number of aromatic hydroxyl groups is 2. The highest BCUT2D eigenvalue weighted by Crippen LogP contribution is 2.47. The first kappa shape index (κ1) is 54.4. The lowest BCUT2D eigenvalue weighted by Gasteiger charge is -2.13. The number of benzene rings is 6. The van der Waals surface area contributed by atoms with Gasteiger partial charge in [0, 0.05) is 22.2 Å². The molecule has 0 saturated carbocycles. The first-order valence-corrected chi connectivity index (χ1v) is 28.8. The Kier molecular flexibility index (Phi) is 14.3. The molecule has 0 spiro atoms. The quantitative estimate of drug-likeness (QED) is 0.0242. The highest BCUT2D eigenvalue weighted by atomic mass is 32.2. The lowest BCUT2D eigenvalue weighted by atomic mass is 10.1. The van der Waals surface area contributed by atoms with Crippen LogP contribution in [0, 0.1) is 6.92 Å². The van der Waals surface area contributed by atoms with Crippen LogP contribution in [0.1, 0.15) is 22.5 Å². The standard InChI is InChI=1S/C41H31N9O20S6/c1-19-14-29(31(70-12-3-13-72(55,56)57)18-28(19)44-48-41-42-26-10-8-22(74(61,62)63)16-32(26)71-41)45-46-34-33(75(64,65)66)17-25-23(37(34)51)9-11-27(38(25)76(67,68)69)43-47-35-36(40(53)54)49-50(39(35)52)30-5-2-4-20-6-7-21(15-24(20)30)73(58,59)60/h2,4-11,14-18,51-52H,3,12-13H2,1H3,(H,53,54)(H,55,56,57)(H,58,59,60)(H,61,62,63)(H,64,65,66)(H,67,68,69). The Labute approximate surface area is 430 Å². The smallest absolute Gasteiger partial charge is 0.358 e. The summed E-state index contributed by atoms with van der Waals surface area (Å²) in [6.07, 6.45) is -0.285. The number of thiazole rings is 1. The molecule has 8 rings (SSSR count). The van der Waals surface area contributed by atoms with Crippen molar-refractivity contribution in [2.75, 3.05) is 12.4 Å². The maximum absolute atomic E-state index is 13.1. The predicted octanol–water partition coefficient (Wildman–Crippen LogP) is 8.10. The summed E-state index contributed by atoms with van der Waals surface area (Å²) in [6.45, 7) is 1.08. The van der Waals surface area contributed by atoms with Crippen molar-refractivity contribution in [3.8, 4) is 23.1 Å². The minimum atomic E-state index is -5.58. The molecule has 0 amide bonds. The molecule has 0 saturated heterocycles. The maximum atomic E-state index is 13.1. The van der Waals surface area contributed by atoms with Crippen LogP contribution in [0.15, 0.2) is 135 Å². The third-order valence-electron chi connectivity index (χ3n) is 10.6. The number of fused-ring (bicyclic) bond motifs is 3. The minimum Gasteiger partial charge on any atom is -0.505 e. The molecule has 76 heavy (non-hydrogen) atoms. The number of hydrogen-bond donors (Lipinski definition) is 8. The van der Waals surface area contributed by atoms with Crippen molar-refractivity contribution in [1.82, 2.24) is 14.8 Å². The van der Waals surface area contributed by atoms with Gasteiger partial charge in [0.05, 0.1) is 43.7 Å². The van der Waals surface area contributed by atoms with Gasteiger partial charge in [-0.25, -0.2) is 9.78 Å². The fourth-order valence-electron chi connectivity index (χ4n) is 7.20. The molecular weight excluding hydrogens is 1130 g/mol. The van der Waals surface area contributed by atoms with Gasteiger partial charge in [0.15, 0.2) is 11.4 Å². The van der Waals surface area contributed by atoms with Crippen molar-refractivity contribution < 1.29 is 89.7 Å². The van der Waals surface area contributed by atoms with E-state index in [1.807, 2.05) is 0 Å². The molecule has 8 aromatic rings. The van der Waals surface area contributed by atoms with Crippen LogP contribution in [-0.2, 0) is 50.6 Å². The second kappa shape index (κ2) is 20.0. The summed E-state index contributed by atoms with van der Waals surface area (Å²) in [5.74, 6) is -5.06. The number of nitrogens with zero attached hydrogens (tertiary/aromatic N) is 9. The van der Waals surface area contributed by atoms with Gasteiger partial charge in [-0.1, -0.05) is 29.5 Å². The Morgan fingerprint density at radius 3 is 1.97 bits per heavy atom. The Morgan fingerprint density at radius 1 is 0.658 bits per heavy atom. The average Bonchev–Trinajstić information content (AvgIpc) is 3.89. The summed E-state index contributed by atoms with van der Waals surface area (Å²) in [5, 5.41) is 59.1. The highest BCUT2D eigenvalue weighted by molar-refractivity contribution is 7.87. The number of aryl methyl sites for hydroxylation is 1. The van der Waals surface area contributed by atoms with Crippen molar-refractivity contribution in [3.05, 3.63) is 96.2 Å². The number of aromatic carboxylic acids is 1. The second-order valence-electron chi connectivity index (χ2n) is 15.7. The minimum absolute atomic E-state index is 0.0219. The largest absolute Gasteiger partial charge is 0.505 e. The van der Waals surface area contributed by atoms with Gasteiger partial charge in [0.1, 0.15) is 32.6 Å². The van der Waals surface area contributed by atoms with E-state index in [0.29, 0.717) is 26.4 Å². The molecule has 0 unspecified atom stereocenters. The SMILES string of the molecule is Cc1cc(N=Nc2c(S(=O)(=O)O)cc3c(S(=O)(=O)O)c(N=Nc4c(C(=O)O)nn(-c5cccc6ccc(S(=O)(=O)O)cc56)c4O)ccc3c2O)c(OCCCS(=O)(=O)O)cc1N=Nc1nc2ccc(S(=O)(=O)O)cc2s1. The molecule has 0 radical (unpaired) electrons. The van der Waals surface area contributed by atoms with E-state index in [1.54, 1.807) is 0 Å². The van der Waals surface area contributed by atoms with Gasteiger partial charge >= 0.3 is 5.97 Å². The molecule has 0 aliphatic carbocycles. The van der Waals surface area contributed by atoms with Gasteiger partial charge in [-0.15, -0.1) is 30.7 Å². The number of aromatic nitrogens is 3. The van der Waals surface area contributed by atoms with E-state index in [1.165, 1.54) is 55.5 Å². The molecule has 2 aromatic heterocycles. The topological polar surface area (TPSA) is 464 Å². The van der Waals surface area contributed by atoms with Gasteiger partial charge < -0.3 is 20.1 Å². The van der Waals surface area contributed by atoms with Crippen LogP contribution in [-0.4, -0.2) is 113 Å². The van der Waals surface area contributed by atoms with Crippen LogP contribution in [0.5, 0.6) is 17.4 Å². The molecule has 8 N–H and O–H groups in total. The molecule has 0 aliphatic heterocycles. The normalized spacial score (nSPS) is 13.1. The Hall–Kier alpha value is -7.84. The molecule has 6 aromatic carbocycles. The number of azo groups is 3. The third-order valence-corrected chi connectivity index (χ3v) is 15.8. The molecule has 0 fully saturated rings. The van der Waals surface area contributed by atoms with Crippen molar-refractivity contribution >= 4 is 133 Å². The zero-order valence-corrected chi connectivity index (χ0v) is 42.6. The van der Waals surface area contributed by atoms with Crippen molar-refractivity contribution in [2.45, 2.75) is 32.9 Å². The number of ether oxygens (including phenoxy) is 1. The van der Waals surface area contributed by atoms with E-state index in [0.717, 1.165) is 41.7 Å². The number of carboxylic acids is 1. The monoisotopic (exact) mass is 1160 g/mol. The molecule has 35 heteroatoms. The molecule has 2 heterocycles. The lowest BCUT2D eigenvalue weighted by Crippen LogP contribution is -2.08. The first-order chi connectivity index (χ1) is 35.4. The molecule has 29 nitrogen and oxygen atoms in total. The van der Waals surface area contributed by atoms with E-state index >= 15 is 0 Å². The zero-order chi connectivity index (χ0) is 55.4. The fraction of sp³-hybridized carbons (Fsp3) is 0.0976. The van der Waals surface area contributed by atoms with E-state index in [9.17, 15) is 85.0 Å². The number of hydrogen-bond acceptors (Lipinski definition) is 23. The summed E-state index contributed by atoms with van der Waals surface area (Å²) in [7, 11) is -24.9. The summed E-state index contributed by atoms with van der Waals surface area (Å²) in [6, 6.07) is 15.8. The van der Waals surface area contributed by atoms with Gasteiger partial charge in [-0.05, 0) is 85.0 Å². The van der Waals surface area contributed by atoms with Gasteiger partial charge in [-0.3, -0.25) is 22.8 Å². The van der Waals surface area contributed by atoms with Gasteiger partial charge in [-0.2, -0.15) is 51.9 Å². The summed E-state index contributed by atoms with van der Waals surface area (Å²) in [5.41, 5.74) is -3.64. The van der Waals surface area contributed by atoms with E-state index in [2.05, 4.69) is 40.8 Å². The van der Waals surface area contributed by atoms with Crippen LogP contribution in [0.3, 0.4) is 0 Å². The van der Waals surface area contributed by atoms with Gasteiger partial charge in [0.2, 0.25) is 16.7 Å². The predicted molar refractivity (Wildman–Crippen MR) is 264 cm³/mol. The van der Waals surface area contributed by atoms with Crippen LogP contribution < -0.4 is 4.74 Å². The summed E-state index contributed by atoms with van der Waals surface area (Å²) in [4.78, 5) is 13.0. The van der Waals surface area contributed by atoms with Crippen LogP contribution in [0.2, 0.25) is 0 Å². The maximum Gasteiger partial charge on any atom is 0.358 e. The highest BCUT2D eigenvalue weighted by Gasteiger charge is 2.30. The second-order valence-corrected chi connectivity index (χ2v) is 23.9. The van der Waals surface area contributed by atoms with Crippen LogP contribution in [0.4, 0.5) is 33.6 Å². The summed E-state index contributed by atoms with van der Waals surface area (Å²) >= 11 is 0.904. The van der Waals surface area contributed by atoms with E-state index in [4.69, 9.17) is 4.74 Å². The molecule has 0 atom stereocenters. The molecule has 396 valence electrons. The van der Waals surface area contributed by atoms with Crippen molar-refractivity contribution in [3.63, 3.8) is 0 Å². The number of phenols is 1. The zero-order valence-electron chi connectivity index (χ0n) is 37.7. The Morgan fingerprint density at radius 2 is 1.32 bits per heavy atom. The number of phenolic OH excluding ortho intramolecular Hbond substituents is 1. The molecule has 0 aliphatic rings. The molecular formula is C41H31N9O20S6. The fourth-order valence-corrected chi connectivity index (χ4v) is 11.1. The number of carbonyl (C=O) groups is 1. The Bertz CT molecular complexity index is 4470. The van der Waals surface area contributed by atoms with E-state index in [-0.39, 0.29) is 45.3 Å². The summed E-state index contributed by atoms with van der Waals surface area (Å²) < 4.78 is 178. The average molecular weight is 1160 g/mol. The van der Waals surface area contributed by atoms with E-state index < -0.39 is 134 Å². The van der Waals surface area contributed by atoms with Crippen LogP contribution in [0.25, 0.3) is 37.4 Å². The Balaban J connectivity index is 1.21. The number of rotatable bonds is 17. The molecule has 0 bridgehead atoms.